The fourth-order valence-electron chi connectivity index (χ4n) is 2.03. The predicted molar refractivity (Wildman–Crippen MR) is 68.3 cm³/mol. The highest BCUT2D eigenvalue weighted by atomic mass is 32.2. The molecule has 3 nitrogen and oxygen atoms in total. The van der Waals surface area contributed by atoms with Crippen LogP contribution in [0.3, 0.4) is 0 Å². The zero-order chi connectivity index (χ0) is 12.5. The van der Waals surface area contributed by atoms with Gasteiger partial charge in [0, 0.05) is 13.6 Å². The van der Waals surface area contributed by atoms with Crippen molar-refractivity contribution < 1.29 is 8.42 Å². The summed E-state index contributed by atoms with van der Waals surface area (Å²) in [5, 5.41) is 0. The van der Waals surface area contributed by atoms with Crippen molar-refractivity contribution in [1.82, 2.24) is 4.31 Å². The molecule has 1 saturated carbocycles. The van der Waals surface area contributed by atoms with E-state index in [1.807, 2.05) is 19.1 Å². The molecular weight excluding hydrogens is 234 g/mol. The van der Waals surface area contributed by atoms with E-state index >= 15 is 0 Å². The Hall–Kier alpha value is -0.870. The second-order valence-electron chi connectivity index (χ2n) is 4.90. The van der Waals surface area contributed by atoms with Crippen molar-refractivity contribution in [1.29, 1.82) is 0 Å². The predicted octanol–water partition coefficient (Wildman–Crippen LogP) is 2.42. The quantitative estimate of drug-likeness (QED) is 0.826. The Kier molecular flexibility index (Phi) is 3.54. The van der Waals surface area contributed by atoms with Crippen molar-refractivity contribution >= 4 is 10.0 Å². The zero-order valence-electron chi connectivity index (χ0n) is 10.4. The van der Waals surface area contributed by atoms with Gasteiger partial charge >= 0.3 is 0 Å². The van der Waals surface area contributed by atoms with E-state index in [0.29, 0.717) is 17.4 Å². The minimum atomic E-state index is -3.29. The number of nitrogens with zero attached hydrogens (tertiary/aromatic N) is 1. The number of sulfonamides is 1. The smallest absolute Gasteiger partial charge is 0.207 e. The van der Waals surface area contributed by atoms with Crippen LogP contribution in [-0.4, -0.2) is 26.3 Å². The minimum absolute atomic E-state index is 0.393. The van der Waals surface area contributed by atoms with Gasteiger partial charge in [-0.05, 0) is 37.8 Å². The molecule has 0 saturated heterocycles. The molecule has 1 aromatic carbocycles. The number of hydrogen-bond donors (Lipinski definition) is 0. The van der Waals surface area contributed by atoms with E-state index in [2.05, 4.69) is 0 Å². The van der Waals surface area contributed by atoms with Gasteiger partial charge < -0.3 is 0 Å². The Morgan fingerprint density at radius 1 is 1.24 bits per heavy atom. The molecule has 1 aliphatic rings. The molecule has 0 atom stereocenters. The van der Waals surface area contributed by atoms with Gasteiger partial charge in [-0.3, -0.25) is 0 Å². The summed E-state index contributed by atoms with van der Waals surface area (Å²) in [5.41, 5.74) is 1.07. The summed E-state index contributed by atoms with van der Waals surface area (Å²) in [7, 11) is -1.62. The van der Waals surface area contributed by atoms with Crippen molar-refractivity contribution in [3.05, 3.63) is 29.8 Å². The summed E-state index contributed by atoms with van der Waals surface area (Å²) in [6.45, 7) is 2.60. The minimum Gasteiger partial charge on any atom is -0.207 e. The molecule has 1 aliphatic carbocycles. The van der Waals surface area contributed by atoms with Crippen LogP contribution >= 0.6 is 0 Å². The average molecular weight is 253 g/mol. The number of hydrogen-bond acceptors (Lipinski definition) is 2. The second kappa shape index (κ2) is 4.78. The highest BCUT2D eigenvalue weighted by molar-refractivity contribution is 7.89. The fourth-order valence-corrected chi connectivity index (χ4v) is 3.27. The molecule has 0 bridgehead atoms. The molecule has 0 N–H and O–H groups in total. The van der Waals surface area contributed by atoms with E-state index in [1.165, 1.54) is 10.7 Å². The Bertz CT molecular complexity index is 475. The van der Waals surface area contributed by atoms with E-state index in [9.17, 15) is 8.42 Å². The Morgan fingerprint density at radius 3 is 2.29 bits per heavy atom. The first-order valence-corrected chi connectivity index (χ1v) is 7.47. The van der Waals surface area contributed by atoms with E-state index in [0.717, 1.165) is 18.4 Å². The highest BCUT2D eigenvalue weighted by Crippen LogP contribution is 2.28. The second-order valence-corrected chi connectivity index (χ2v) is 6.94. The Labute approximate surface area is 104 Å². The van der Waals surface area contributed by atoms with Crippen LogP contribution in [0, 0.1) is 12.8 Å². The zero-order valence-corrected chi connectivity index (χ0v) is 11.2. The Morgan fingerprint density at radius 2 is 1.82 bits per heavy atom. The molecule has 0 aliphatic heterocycles. The molecule has 1 fully saturated rings. The summed E-state index contributed by atoms with van der Waals surface area (Å²) >= 11 is 0. The van der Waals surface area contributed by atoms with Crippen molar-refractivity contribution in [2.45, 2.75) is 31.1 Å². The molecule has 1 aromatic rings. The molecule has 17 heavy (non-hydrogen) atoms. The van der Waals surface area contributed by atoms with Crippen LogP contribution in [0.2, 0.25) is 0 Å². The maximum atomic E-state index is 12.2. The molecule has 0 unspecified atom stereocenters. The first-order valence-electron chi connectivity index (χ1n) is 6.03. The van der Waals surface area contributed by atoms with E-state index in [-0.39, 0.29) is 0 Å². The monoisotopic (exact) mass is 253 g/mol. The molecule has 0 aromatic heterocycles. The van der Waals surface area contributed by atoms with Crippen LogP contribution < -0.4 is 0 Å². The van der Waals surface area contributed by atoms with Gasteiger partial charge in [0.2, 0.25) is 10.0 Å². The van der Waals surface area contributed by atoms with Crippen molar-refractivity contribution in [3.63, 3.8) is 0 Å². The van der Waals surface area contributed by atoms with E-state index in [1.54, 1.807) is 19.2 Å². The highest BCUT2D eigenvalue weighted by Gasteiger charge is 2.26. The van der Waals surface area contributed by atoms with Gasteiger partial charge in [0.1, 0.15) is 0 Å². The van der Waals surface area contributed by atoms with Crippen molar-refractivity contribution in [3.8, 4) is 0 Å². The van der Waals surface area contributed by atoms with Gasteiger partial charge in [-0.25, -0.2) is 12.7 Å². The van der Waals surface area contributed by atoms with Crippen LogP contribution in [0.25, 0.3) is 0 Å². The third-order valence-corrected chi connectivity index (χ3v) is 5.31. The van der Waals surface area contributed by atoms with Crippen LogP contribution in [0.1, 0.15) is 24.8 Å². The van der Waals surface area contributed by atoms with Gasteiger partial charge in [-0.1, -0.05) is 24.1 Å². The van der Waals surface area contributed by atoms with E-state index < -0.39 is 10.0 Å². The van der Waals surface area contributed by atoms with Gasteiger partial charge in [-0.2, -0.15) is 0 Å². The van der Waals surface area contributed by atoms with Crippen molar-refractivity contribution in [2.75, 3.05) is 13.6 Å². The maximum absolute atomic E-state index is 12.2. The third kappa shape index (κ3) is 2.69. The van der Waals surface area contributed by atoms with Gasteiger partial charge in [0.05, 0.1) is 4.90 Å². The molecule has 0 radical (unpaired) electrons. The lowest BCUT2D eigenvalue weighted by Crippen LogP contribution is -2.34. The van der Waals surface area contributed by atoms with Crippen molar-refractivity contribution in [2.24, 2.45) is 5.92 Å². The van der Waals surface area contributed by atoms with Gasteiger partial charge in [0.25, 0.3) is 0 Å². The van der Waals surface area contributed by atoms with Gasteiger partial charge in [0.15, 0.2) is 0 Å². The molecule has 2 rings (SSSR count). The third-order valence-electron chi connectivity index (χ3n) is 3.47. The molecule has 4 heteroatoms. The largest absolute Gasteiger partial charge is 0.242 e. The standard InChI is InChI=1S/C13H19NO2S/c1-11-6-8-13(9-7-11)17(15,16)14(2)10-12-4-3-5-12/h6-9,12H,3-5,10H2,1-2H3. The van der Waals surface area contributed by atoms with Crippen LogP contribution in [-0.2, 0) is 10.0 Å². The Balaban J connectivity index is 2.13. The first-order chi connectivity index (χ1) is 8.00. The SMILES string of the molecule is Cc1ccc(S(=O)(=O)N(C)CC2CCC2)cc1. The summed E-state index contributed by atoms with van der Waals surface area (Å²) in [5.74, 6) is 0.556. The van der Waals surface area contributed by atoms with E-state index in [4.69, 9.17) is 0 Å². The molecule has 0 spiro atoms. The molecule has 0 heterocycles. The maximum Gasteiger partial charge on any atom is 0.242 e. The van der Waals surface area contributed by atoms with Crippen LogP contribution in [0.5, 0.6) is 0 Å². The fraction of sp³-hybridized carbons (Fsp3) is 0.538. The summed E-state index contributed by atoms with van der Waals surface area (Å²) in [6.07, 6.45) is 3.56. The van der Waals surface area contributed by atoms with Crippen LogP contribution in [0.4, 0.5) is 0 Å². The molecule has 94 valence electrons. The number of aryl methyl sites for hydroxylation is 1. The topological polar surface area (TPSA) is 37.4 Å². The van der Waals surface area contributed by atoms with Gasteiger partial charge in [-0.15, -0.1) is 0 Å². The average Bonchev–Trinajstić information content (AvgIpc) is 2.23. The number of rotatable bonds is 4. The summed E-state index contributed by atoms with van der Waals surface area (Å²) in [6, 6.07) is 7.04. The lowest BCUT2D eigenvalue weighted by molar-refractivity contribution is 0.263. The first kappa shape index (κ1) is 12.6. The summed E-state index contributed by atoms with van der Waals surface area (Å²) < 4.78 is 26.0. The van der Waals surface area contributed by atoms with Crippen LogP contribution in [0.15, 0.2) is 29.2 Å². The lowest BCUT2D eigenvalue weighted by Gasteiger charge is -2.29. The number of benzene rings is 1. The normalized spacial score (nSPS) is 17.1. The molecule has 0 amide bonds. The lowest BCUT2D eigenvalue weighted by atomic mass is 9.86. The summed E-state index contributed by atoms with van der Waals surface area (Å²) in [4.78, 5) is 0.393. The molecular formula is C13H19NO2S.